The number of amides is 1. The smallest absolute Gasteiger partial charge is 0.253 e. The molecule has 1 atom stereocenters. The highest BCUT2D eigenvalue weighted by molar-refractivity contribution is 6.31. The van der Waals surface area contributed by atoms with Crippen LogP contribution in [0.2, 0.25) is 5.02 Å². The Morgan fingerprint density at radius 2 is 1.95 bits per heavy atom. The van der Waals surface area contributed by atoms with Gasteiger partial charge in [0.15, 0.2) is 6.10 Å². The van der Waals surface area contributed by atoms with E-state index in [0.717, 1.165) is 25.7 Å². The number of benzene rings is 1. The molecule has 1 aromatic carbocycles. The Labute approximate surface area is 123 Å². The van der Waals surface area contributed by atoms with Crippen molar-refractivity contribution in [2.24, 2.45) is 5.92 Å². The average molecular weight is 298 g/mol. The number of hydrogen-bond acceptors (Lipinski definition) is 3. The predicted molar refractivity (Wildman–Crippen MR) is 77.4 cm³/mol. The molecule has 4 nitrogen and oxygen atoms in total. The molecule has 20 heavy (non-hydrogen) atoms. The molecule has 1 fully saturated rings. The first kappa shape index (κ1) is 15.3. The topological polar surface area (TPSA) is 69.6 Å². The van der Waals surface area contributed by atoms with Crippen LogP contribution in [0.4, 0.5) is 0 Å². The van der Waals surface area contributed by atoms with Gasteiger partial charge in [-0.2, -0.15) is 0 Å². The number of rotatable bonds is 4. The second kappa shape index (κ2) is 7.07. The third kappa shape index (κ3) is 3.72. The van der Waals surface area contributed by atoms with Crippen molar-refractivity contribution in [3.05, 3.63) is 34.9 Å². The molecule has 5 heteroatoms. The molecule has 1 aliphatic carbocycles. The summed E-state index contributed by atoms with van der Waals surface area (Å²) in [5, 5.41) is 22.4. The maximum atomic E-state index is 12.0. The van der Waals surface area contributed by atoms with E-state index in [1.807, 2.05) is 0 Å². The summed E-state index contributed by atoms with van der Waals surface area (Å²) >= 11 is 5.98. The van der Waals surface area contributed by atoms with E-state index in [9.17, 15) is 9.90 Å². The molecule has 0 bridgehead atoms. The van der Waals surface area contributed by atoms with E-state index < -0.39 is 12.0 Å². The summed E-state index contributed by atoms with van der Waals surface area (Å²) in [4.78, 5) is 12.0. The van der Waals surface area contributed by atoms with Crippen LogP contribution < -0.4 is 5.32 Å². The standard InChI is InChI=1S/C15H20ClNO3/c16-13-4-2-1-3-12(13)14(19)15(20)17-11-7-5-10(9-18)6-8-11/h1-4,10-11,14,18-19H,5-9H2,(H,17,20)/t10?,11?,14-/m1/s1. The molecule has 1 saturated carbocycles. The fourth-order valence-corrected chi connectivity index (χ4v) is 2.85. The summed E-state index contributed by atoms with van der Waals surface area (Å²) < 4.78 is 0. The Morgan fingerprint density at radius 1 is 1.30 bits per heavy atom. The Balaban J connectivity index is 1.91. The summed E-state index contributed by atoms with van der Waals surface area (Å²) in [6.45, 7) is 0.211. The molecule has 2 rings (SSSR count). The van der Waals surface area contributed by atoms with Gasteiger partial charge in [-0.1, -0.05) is 29.8 Å². The molecule has 0 saturated heterocycles. The Morgan fingerprint density at radius 3 is 2.55 bits per heavy atom. The lowest BCUT2D eigenvalue weighted by molar-refractivity contribution is -0.130. The largest absolute Gasteiger partial charge is 0.396 e. The van der Waals surface area contributed by atoms with Crippen molar-refractivity contribution in [2.75, 3.05) is 6.61 Å². The van der Waals surface area contributed by atoms with Crippen molar-refractivity contribution < 1.29 is 15.0 Å². The van der Waals surface area contributed by atoms with Gasteiger partial charge in [-0.15, -0.1) is 0 Å². The van der Waals surface area contributed by atoms with Crippen molar-refractivity contribution in [1.82, 2.24) is 5.32 Å². The second-order valence-electron chi connectivity index (χ2n) is 5.33. The van der Waals surface area contributed by atoms with E-state index in [4.69, 9.17) is 16.7 Å². The van der Waals surface area contributed by atoms with E-state index in [1.54, 1.807) is 24.3 Å². The summed E-state index contributed by atoms with van der Waals surface area (Å²) in [7, 11) is 0. The fraction of sp³-hybridized carbons (Fsp3) is 0.533. The van der Waals surface area contributed by atoms with Gasteiger partial charge >= 0.3 is 0 Å². The molecule has 0 heterocycles. The number of carbonyl (C=O) groups excluding carboxylic acids is 1. The molecular formula is C15H20ClNO3. The zero-order valence-electron chi connectivity index (χ0n) is 11.3. The van der Waals surface area contributed by atoms with E-state index in [0.29, 0.717) is 16.5 Å². The highest BCUT2D eigenvalue weighted by Crippen LogP contribution is 2.26. The third-order valence-electron chi connectivity index (χ3n) is 3.90. The van der Waals surface area contributed by atoms with Crippen LogP contribution in [-0.2, 0) is 4.79 Å². The number of aliphatic hydroxyl groups excluding tert-OH is 2. The van der Waals surface area contributed by atoms with Crippen molar-refractivity contribution >= 4 is 17.5 Å². The van der Waals surface area contributed by atoms with E-state index in [-0.39, 0.29) is 12.6 Å². The summed E-state index contributed by atoms with van der Waals surface area (Å²) in [5.74, 6) is -0.0674. The van der Waals surface area contributed by atoms with Crippen molar-refractivity contribution in [3.63, 3.8) is 0 Å². The molecular weight excluding hydrogens is 278 g/mol. The minimum absolute atomic E-state index is 0.0717. The van der Waals surface area contributed by atoms with Crippen LogP contribution in [0.1, 0.15) is 37.4 Å². The number of halogens is 1. The summed E-state index contributed by atoms with van der Waals surface area (Å²) in [6, 6.07) is 6.87. The average Bonchev–Trinajstić information content (AvgIpc) is 2.48. The Hall–Kier alpha value is -1.10. The van der Waals surface area contributed by atoms with Gasteiger partial charge in [-0.05, 0) is 37.7 Å². The second-order valence-corrected chi connectivity index (χ2v) is 5.74. The fourth-order valence-electron chi connectivity index (χ4n) is 2.61. The molecule has 0 spiro atoms. The van der Waals surface area contributed by atoms with E-state index >= 15 is 0 Å². The minimum Gasteiger partial charge on any atom is -0.396 e. The molecule has 110 valence electrons. The Bertz CT molecular complexity index is 458. The lowest BCUT2D eigenvalue weighted by Gasteiger charge is -2.28. The molecule has 1 aliphatic rings. The van der Waals surface area contributed by atoms with Crippen LogP contribution in [0.5, 0.6) is 0 Å². The summed E-state index contributed by atoms with van der Waals surface area (Å²) in [6.07, 6.45) is 2.25. The molecule has 1 amide bonds. The normalized spacial score (nSPS) is 24.1. The first-order valence-electron chi connectivity index (χ1n) is 6.95. The highest BCUT2D eigenvalue weighted by atomic mass is 35.5. The number of hydrogen-bond donors (Lipinski definition) is 3. The van der Waals surface area contributed by atoms with Gasteiger partial charge in [0.05, 0.1) is 0 Å². The molecule has 0 aromatic heterocycles. The van der Waals surface area contributed by atoms with Gasteiger partial charge in [0.2, 0.25) is 0 Å². The lowest BCUT2D eigenvalue weighted by atomic mass is 9.86. The number of carbonyl (C=O) groups is 1. The van der Waals surface area contributed by atoms with Crippen molar-refractivity contribution in [3.8, 4) is 0 Å². The van der Waals surface area contributed by atoms with E-state index in [1.165, 1.54) is 0 Å². The predicted octanol–water partition coefficient (Wildman–Crippen LogP) is 2.04. The quantitative estimate of drug-likeness (QED) is 0.796. The Kier molecular flexibility index (Phi) is 5.40. The third-order valence-corrected chi connectivity index (χ3v) is 4.24. The minimum atomic E-state index is -1.24. The first-order chi connectivity index (χ1) is 9.61. The van der Waals surface area contributed by atoms with Gasteiger partial charge in [0.25, 0.3) is 5.91 Å². The van der Waals surface area contributed by atoms with Crippen LogP contribution in [0.15, 0.2) is 24.3 Å². The SMILES string of the molecule is O=C(NC1CCC(CO)CC1)[C@H](O)c1ccccc1Cl. The highest BCUT2D eigenvalue weighted by Gasteiger charge is 2.25. The van der Waals surface area contributed by atoms with Gasteiger partial charge in [0, 0.05) is 23.2 Å². The van der Waals surface area contributed by atoms with E-state index in [2.05, 4.69) is 5.32 Å². The monoisotopic (exact) mass is 297 g/mol. The zero-order valence-corrected chi connectivity index (χ0v) is 12.0. The van der Waals surface area contributed by atoms with Crippen LogP contribution in [0.3, 0.4) is 0 Å². The van der Waals surface area contributed by atoms with Gasteiger partial charge in [0.1, 0.15) is 0 Å². The van der Waals surface area contributed by atoms with Crippen LogP contribution >= 0.6 is 11.6 Å². The van der Waals surface area contributed by atoms with Crippen LogP contribution in [-0.4, -0.2) is 28.8 Å². The first-order valence-corrected chi connectivity index (χ1v) is 7.33. The molecule has 1 aromatic rings. The van der Waals surface area contributed by atoms with Crippen molar-refractivity contribution in [1.29, 1.82) is 0 Å². The van der Waals surface area contributed by atoms with Crippen LogP contribution in [0, 0.1) is 5.92 Å². The molecule has 0 unspecified atom stereocenters. The molecule has 0 aliphatic heterocycles. The lowest BCUT2D eigenvalue weighted by Crippen LogP contribution is -2.40. The summed E-state index contributed by atoms with van der Waals surface area (Å²) in [5.41, 5.74) is 0.427. The van der Waals surface area contributed by atoms with Crippen LogP contribution in [0.25, 0.3) is 0 Å². The molecule has 0 radical (unpaired) electrons. The molecule has 3 N–H and O–H groups in total. The zero-order chi connectivity index (χ0) is 14.5. The maximum Gasteiger partial charge on any atom is 0.253 e. The maximum absolute atomic E-state index is 12.0. The number of aliphatic hydroxyl groups is 2. The van der Waals surface area contributed by atoms with Crippen molar-refractivity contribution in [2.45, 2.75) is 37.8 Å². The van der Waals surface area contributed by atoms with Gasteiger partial charge in [-0.25, -0.2) is 0 Å². The number of nitrogens with one attached hydrogen (secondary N) is 1. The van der Waals surface area contributed by atoms with Gasteiger partial charge in [-0.3, -0.25) is 4.79 Å². The van der Waals surface area contributed by atoms with Gasteiger partial charge < -0.3 is 15.5 Å².